The molecule has 2 N–H and O–H groups in total. The summed E-state index contributed by atoms with van der Waals surface area (Å²) in [5.41, 5.74) is 1.50. The van der Waals surface area contributed by atoms with E-state index in [9.17, 15) is 9.59 Å². The van der Waals surface area contributed by atoms with Crippen LogP contribution in [0.5, 0.6) is 5.75 Å². The molecule has 0 atom stereocenters. The second-order valence-electron chi connectivity index (χ2n) is 6.16. The van der Waals surface area contributed by atoms with Gasteiger partial charge in [0.1, 0.15) is 5.75 Å². The highest BCUT2D eigenvalue weighted by Gasteiger charge is 2.15. The Morgan fingerprint density at radius 2 is 1.97 bits per heavy atom. The van der Waals surface area contributed by atoms with E-state index in [-0.39, 0.29) is 11.8 Å². The molecule has 0 fully saturated rings. The molecule has 9 heteroatoms. The average molecular weight is 458 g/mol. The largest absolute Gasteiger partial charge is 0.494 e. The van der Waals surface area contributed by atoms with Crippen LogP contribution in [0.2, 0.25) is 5.02 Å². The van der Waals surface area contributed by atoms with E-state index in [1.54, 1.807) is 30.3 Å². The second kappa shape index (κ2) is 8.83. The van der Waals surface area contributed by atoms with Crippen LogP contribution in [0.1, 0.15) is 27.0 Å². The molecule has 0 bridgehead atoms. The summed E-state index contributed by atoms with van der Waals surface area (Å²) >= 11 is 8.88. The van der Waals surface area contributed by atoms with Crippen molar-refractivity contribution in [3.63, 3.8) is 0 Å². The van der Waals surface area contributed by atoms with Crippen LogP contribution in [0.4, 0.5) is 10.8 Å². The number of hydrogen-bond acceptors (Lipinski definition) is 6. The van der Waals surface area contributed by atoms with E-state index in [2.05, 4.69) is 15.6 Å². The summed E-state index contributed by atoms with van der Waals surface area (Å²) in [6, 6.07) is 13.8. The standard InChI is InChI=1S/C21H16ClN3O3S2/c1-2-28-13-6-8-15-18(11-13)30-21(24-15)25-19(26)12-5-7-14(22)16(10-12)23-20(27)17-4-3-9-29-17/h3-11H,2H2,1H3,(H,23,27)(H,24,25,26). The first kappa shape index (κ1) is 20.3. The number of amides is 2. The van der Waals surface area contributed by atoms with Crippen LogP contribution in [-0.2, 0) is 0 Å². The molecule has 152 valence electrons. The molecule has 0 saturated heterocycles. The van der Waals surface area contributed by atoms with Crippen molar-refractivity contribution in [2.45, 2.75) is 6.92 Å². The maximum atomic E-state index is 12.7. The monoisotopic (exact) mass is 457 g/mol. The molecule has 2 aromatic heterocycles. The van der Waals surface area contributed by atoms with Crippen molar-refractivity contribution in [3.8, 4) is 5.75 Å². The summed E-state index contributed by atoms with van der Waals surface area (Å²) in [6.07, 6.45) is 0. The number of halogens is 1. The number of carbonyl (C=O) groups is 2. The number of anilines is 2. The Morgan fingerprint density at radius 1 is 1.10 bits per heavy atom. The zero-order valence-electron chi connectivity index (χ0n) is 15.8. The molecule has 4 aromatic rings. The van der Waals surface area contributed by atoms with Crippen molar-refractivity contribution in [2.75, 3.05) is 17.2 Å². The number of rotatable bonds is 6. The number of ether oxygens (including phenoxy) is 1. The highest BCUT2D eigenvalue weighted by Crippen LogP contribution is 2.30. The molecule has 0 saturated carbocycles. The van der Waals surface area contributed by atoms with Crippen LogP contribution in [0.25, 0.3) is 10.2 Å². The third-order valence-electron chi connectivity index (χ3n) is 4.11. The average Bonchev–Trinajstić information content (AvgIpc) is 3.39. The third-order valence-corrected chi connectivity index (χ3v) is 6.24. The quantitative estimate of drug-likeness (QED) is 0.377. The Kier molecular flexibility index (Phi) is 5.98. The van der Waals surface area contributed by atoms with E-state index < -0.39 is 0 Å². The lowest BCUT2D eigenvalue weighted by molar-refractivity contribution is 0.101. The number of aromatic nitrogens is 1. The van der Waals surface area contributed by atoms with E-state index >= 15 is 0 Å². The van der Waals surface area contributed by atoms with Crippen molar-refractivity contribution in [1.29, 1.82) is 0 Å². The minimum absolute atomic E-state index is 0.277. The van der Waals surface area contributed by atoms with Gasteiger partial charge in [-0.2, -0.15) is 0 Å². The zero-order chi connectivity index (χ0) is 21.1. The van der Waals surface area contributed by atoms with Gasteiger partial charge in [0.05, 0.1) is 32.4 Å². The summed E-state index contributed by atoms with van der Waals surface area (Å²) in [5.74, 6) is 0.137. The summed E-state index contributed by atoms with van der Waals surface area (Å²) in [6.45, 7) is 2.50. The number of fused-ring (bicyclic) bond motifs is 1. The Balaban J connectivity index is 1.52. The fourth-order valence-electron chi connectivity index (χ4n) is 2.74. The van der Waals surface area contributed by atoms with Crippen LogP contribution in [0, 0.1) is 0 Å². The normalized spacial score (nSPS) is 10.7. The van der Waals surface area contributed by atoms with Crippen LogP contribution < -0.4 is 15.4 Å². The zero-order valence-corrected chi connectivity index (χ0v) is 18.2. The number of benzene rings is 2. The smallest absolute Gasteiger partial charge is 0.265 e. The molecule has 0 aliphatic heterocycles. The van der Waals surface area contributed by atoms with E-state index in [0.29, 0.717) is 32.9 Å². The lowest BCUT2D eigenvalue weighted by Crippen LogP contribution is -2.14. The van der Waals surface area contributed by atoms with E-state index in [1.807, 2.05) is 30.5 Å². The number of carbonyl (C=O) groups excluding carboxylic acids is 2. The van der Waals surface area contributed by atoms with E-state index in [1.165, 1.54) is 22.7 Å². The van der Waals surface area contributed by atoms with Crippen LogP contribution in [-0.4, -0.2) is 23.4 Å². The van der Waals surface area contributed by atoms with E-state index in [4.69, 9.17) is 16.3 Å². The second-order valence-corrected chi connectivity index (χ2v) is 8.55. The number of thiophene rings is 1. The van der Waals surface area contributed by atoms with Gasteiger partial charge in [0, 0.05) is 5.56 Å². The van der Waals surface area contributed by atoms with Crippen molar-refractivity contribution in [3.05, 3.63) is 69.4 Å². The van der Waals surface area contributed by atoms with Crippen molar-refractivity contribution in [2.24, 2.45) is 0 Å². The van der Waals surface area contributed by atoms with Crippen LogP contribution in [0.15, 0.2) is 53.9 Å². The summed E-state index contributed by atoms with van der Waals surface area (Å²) in [7, 11) is 0. The number of nitrogens with one attached hydrogen (secondary N) is 2. The Bertz CT molecular complexity index is 1220. The molecule has 0 radical (unpaired) electrons. The Labute approximate surface area is 185 Å². The van der Waals surface area contributed by atoms with Gasteiger partial charge in [0.25, 0.3) is 11.8 Å². The van der Waals surface area contributed by atoms with Gasteiger partial charge in [0.15, 0.2) is 5.13 Å². The first-order valence-electron chi connectivity index (χ1n) is 9.02. The van der Waals surface area contributed by atoms with Gasteiger partial charge in [-0.1, -0.05) is 29.0 Å². The van der Waals surface area contributed by atoms with Gasteiger partial charge in [-0.15, -0.1) is 11.3 Å². The molecule has 30 heavy (non-hydrogen) atoms. The van der Waals surface area contributed by atoms with Gasteiger partial charge in [-0.3, -0.25) is 14.9 Å². The molecule has 2 heterocycles. The van der Waals surface area contributed by atoms with Gasteiger partial charge in [-0.25, -0.2) is 4.98 Å². The van der Waals surface area contributed by atoms with Crippen molar-refractivity contribution < 1.29 is 14.3 Å². The number of hydrogen-bond donors (Lipinski definition) is 2. The van der Waals surface area contributed by atoms with Gasteiger partial charge >= 0.3 is 0 Å². The predicted molar refractivity (Wildman–Crippen MR) is 122 cm³/mol. The molecular formula is C21H16ClN3O3S2. The maximum Gasteiger partial charge on any atom is 0.265 e. The molecule has 6 nitrogen and oxygen atoms in total. The Morgan fingerprint density at radius 3 is 2.73 bits per heavy atom. The summed E-state index contributed by atoms with van der Waals surface area (Å²) in [4.78, 5) is 30.0. The van der Waals surface area contributed by atoms with Crippen molar-refractivity contribution in [1.82, 2.24) is 4.98 Å². The van der Waals surface area contributed by atoms with E-state index in [0.717, 1.165) is 16.0 Å². The fourth-order valence-corrected chi connectivity index (χ4v) is 4.41. The van der Waals surface area contributed by atoms with Crippen LogP contribution in [0.3, 0.4) is 0 Å². The number of nitrogens with zero attached hydrogens (tertiary/aromatic N) is 1. The predicted octanol–water partition coefficient (Wildman–Crippen LogP) is 5.91. The van der Waals surface area contributed by atoms with Gasteiger partial charge in [-0.05, 0) is 54.8 Å². The topological polar surface area (TPSA) is 80.3 Å². The first-order chi connectivity index (χ1) is 14.5. The molecular weight excluding hydrogens is 442 g/mol. The molecule has 0 spiro atoms. The molecule has 2 amide bonds. The maximum absolute atomic E-state index is 12.7. The molecule has 4 rings (SSSR count). The molecule has 0 aliphatic carbocycles. The van der Waals surface area contributed by atoms with Crippen molar-refractivity contribution >= 4 is 67.1 Å². The minimum Gasteiger partial charge on any atom is -0.494 e. The summed E-state index contributed by atoms with van der Waals surface area (Å²) in [5, 5.41) is 8.18. The summed E-state index contributed by atoms with van der Waals surface area (Å²) < 4.78 is 6.41. The first-order valence-corrected chi connectivity index (χ1v) is 11.1. The van der Waals surface area contributed by atoms with Crippen LogP contribution >= 0.6 is 34.3 Å². The fraction of sp³-hybridized carbons (Fsp3) is 0.0952. The highest BCUT2D eigenvalue weighted by molar-refractivity contribution is 7.22. The highest BCUT2D eigenvalue weighted by atomic mass is 35.5. The molecule has 0 aliphatic rings. The minimum atomic E-state index is -0.345. The molecule has 2 aromatic carbocycles. The lowest BCUT2D eigenvalue weighted by atomic mass is 10.2. The Hall–Kier alpha value is -2.94. The SMILES string of the molecule is CCOc1ccc2nc(NC(=O)c3ccc(Cl)c(NC(=O)c4cccs4)c3)sc2c1. The van der Waals surface area contributed by atoms with Gasteiger partial charge < -0.3 is 10.1 Å². The van der Waals surface area contributed by atoms with Gasteiger partial charge in [0.2, 0.25) is 0 Å². The number of thiazole rings is 1. The lowest BCUT2D eigenvalue weighted by Gasteiger charge is -2.08. The molecule has 0 unspecified atom stereocenters. The third kappa shape index (κ3) is 4.46.